The van der Waals surface area contributed by atoms with Crippen molar-refractivity contribution in [3.8, 4) is 0 Å². The lowest BCUT2D eigenvalue weighted by Gasteiger charge is -2.13. The summed E-state index contributed by atoms with van der Waals surface area (Å²) >= 11 is 6.06. The largest absolute Gasteiger partial charge is 0.346 e. The van der Waals surface area contributed by atoms with Gasteiger partial charge < -0.3 is 5.32 Å². The van der Waals surface area contributed by atoms with Crippen LogP contribution in [0.4, 0.5) is 8.78 Å². The van der Waals surface area contributed by atoms with Crippen LogP contribution >= 0.6 is 11.6 Å². The molecule has 1 amide bonds. The van der Waals surface area contributed by atoms with Gasteiger partial charge in [0.2, 0.25) is 5.91 Å². The third-order valence-electron chi connectivity index (χ3n) is 4.23. The summed E-state index contributed by atoms with van der Waals surface area (Å²) in [5.74, 6) is -0.210. The molecule has 1 atom stereocenters. The van der Waals surface area contributed by atoms with Crippen LogP contribution in [0, 0.1) is 0 Å². The van der Waals surface area contributed by atoms with Crippen molar-refractivity contribution in [1.82, 2.24) is 24.9 Å². The number of halogens is 3. The maximum absolute atomic E-state index is 13.0. The SMILES string of the molecule is CCn1ccc(C(C)NC(=O)Cn2nc(C(F)F)c(Cl)c2C2CC2)n1. The Balaban J connectivity index is 1.71. The maximum Gasteiger partial charge on any atom is 0.283 e. The Morgan fingerprint density at radius 2 is 2.16 bits per heavy atom. The first-order valence-corrected chi connectivity index (χ1v) is 8.65. The van der Waals surface area contributed by atoms with Crippen LogP contribution in [0.15, 0.2) is 12.3 Å². The highest BCUT2D eigenvalue weighted by atomic mass is 35.5. The molecule has 3 rings (SSSR count). The van der Waals surface area contributed by atoms with Gasteiger partial charge in [-0.25, -0.2) is 8.78 Å². The molecule has 6 nitrogen and oxygen atoms in total. The summed E-state index contributed by atoms with van der Waals surface area (Å²) in [5, 5.41) is 11.0. The van der Waals surface area contributed by atoms with E-state index in [0.717, 1.165) is 25.1 Å². The number of aryl methyl sites for hydroxylation is 1. The molecule has 136 valence electrons. The zero-order valence-corrected chi connectivity index (χ0v) is 14.8. The van der Waals surface area contributed by atoms with Gasteiger partial charge in [0.25, 0.3) is 6.43 Å². The van der Waals surface area contributed by atoms with Gasteiger partial charge in [-0.2, -0.15) is 10.2 Å². The monoisotopic (exact) mass is 371 g/mol. The average molecular weight is 372 g/mol. The third-order valence-corrected chi connectivity index (χ3v) is 4.61. The molecule has 25 heavy (non-hydrogen) atoms. The van der Waals surface area contributed by atoms with Gasteiger partial charge >= 0.3 is 0 Å². The molecule has 0 saturated heterocycles. The number of amides is 1. The van der Waals surface area contributed by atoms with Gasteiger partial charge in [0.1, 0.15) is 12.2 Å². The summed E-state index contributed by atoms with van der Waals surface area (Å²) < 4.78 is 29.2. The first kappa shape index (κ1) is 17.8. The summed E-state index contributed by atoms with van der Waals surface area (Å²) in [4.78, 5) is 12.3. The molecule has 1 fully saturated rings. The van der Waals surface area contributed by atoms with E-state index in [4.69, 9.17) is 11.6 Å². The molecule has 9 heteroatoms. The van der Waals surface area contributed by atoms with Gasteiger partial charge in [0, 0.05) is 18.7 Å². The number of hydrogen-bond donors (Lipinski definition) is 1. The van der Waals surface area contributed by atoms with Crippen LogP contribution in [0.25, 0.3) is 0 Å². The van der Waals surface area contributed by atoms with E-state index in [9.17, 15) is 13.6 Å². The fourth-order valence-electron chi connectivity index (χ4n) is 2.76. The molecule has 1 unspecified atom stereocenters. The smallest absolute Gasteiger partial charge is 0.283 e. The van der Waals surface area contributed by atoms with E-state index in [2.05, 4.69) is 15.5 Å². The average Bonchev–Trinajstić information content (AvgIpc) is 3.16. The number of nitrogens with one attached hydrogen (secondary N) is 1. The second-order valence-corrected chi connectivity index (χ2v) is 6.58. The van der Waals surface area contributed by atoms with Crippen molar-refractivity contribution in [3.63, 3.8) is 0 Å². The van der Waals surface area contributed by atoms with Crippen LogP contribution in [0.3, 0.4) is 0 Å². The Labute approximate surface area is 149 Å². The third kappa shape index (κ3) is 3.84. The Kier molecular flexibility index (Phi) is 5.08. The van der Waals surface area contributed by atoms with E-state index < -0.39 is 12.1 Å². The second-order valence-electron chi connectivity index (χ2n) is 6.20. The summed E-state index contributed by atoms with van der Waals surface area (Å²) in [6.07, 6.45) is 0.832. The highest BCUT2D eigenvalue weighted by molar-refractivity contribution is 6.32. The van der Waals surface area contributed by atoms with E-state index >= 15 is 0 Å². The van der Waals surface area contributed by atoms with Crippen molar-refractivity contribution in [1.29, 1.82) is 0 Å². The molecular weight excluding hydrogens is 352 g/mol. The second kappa shape index (κ2) is 7.11. The summed E-state index contributed by atoms with van der Waals surface area (Å²) in [6.45, 7) is 4.40. The van der Waals surface area contributed by atoms with Crippen LogP contribution < -0.4 is 5.32 Å². The molecule has 0 aliphatic heterocycles. The molecule has 1 saturated carbocycles. The first-order valence-electron chi connectivity index (χ1n) is 8.27. The molecule has 1 aliphatic carbocycles. The van der Waals surface area contributed by atoms with Gasteiger partial charge in [-0.1, -0.05) is 11.6 Å². The van der Waals surface area contributed by atoms with Crippen LogP contribution in [-0.4, -0.2) is 25.5 Å². The summed E-state index contributed by atoms with van der Waals surface area (Å²) in [7, 11) is 0. The van der Waals surface area contributed by atoms with Crippen LogP contribution in [0.2, 0.25) is 5.02 Å². The van der Waals surface area contributed by atoms with Gasteiger partial charge in [-0.3, -0.25) is 14.2 Å². The summed E-state index contributed by atoms with van der Waals surface area (Å²) in [5.41, 5.74) is 0.825. The number of aromatic nitrogens is 4. The van der Waals surface area contributed by atoms with Crippen molar-refractivity contribution >= 4 is 17.5 Å². The number of alkyl halides is 2. The predicted molar refractivity (Wildman–Crippen MR) is 88.6 cm³/mol. The highest BCUT2D eigenvalue weighted by Crippen LogP contribution is 2.45. The lowest BCUT2D eigenvalue weighted by Crippen LogP contribution is -2.31. The molecule has 0 radical (unpaired) electrons. The minimum absolute atomic E-state index is 0.0139. The van der Waals surface area contributed by atoms with Crippen molar-refractivity contribution in [2.24, 2.45) is 0 Å². The maximum atomic E-state index is 13.0. The fourth-order valence-corrected chi connectivity index (χ4v) is 3.13. The molecule has 2 heterocycles. The van der Waals surface area contributed by atoms with Gasteiger partial charge in [-0.15, -0.1) is 0 Å². The molecule has 1 aliphatic rings. The van der Waals surface area contributed by atoms with E-state index in [1.807, 2.05) is 26.1 Å². The zero-order valence-electron chi connectivity index (χ0n) is 14.0. The number of carbonyl (C=O) groups is 1. The lowest BCUT2D eigenvalue weighted by molar-refractivity contribution is -0.122. The topological polar surface area (TPSA) is 64.7 Å². The van der Waals surface area contributed by atoms with Crippen molar-refractivity contribution in [2.45, 2.75) is 58.2 Å². The standard InChI is InChI=1S/C16H20ClF2N5O/c1-3-23-7-6-11(21-23)9(2)20-12(25)8-24-15(10-4-5-10)13(17)14(22-24)16(18)19/h6-7,9-10,16H,3-5,8H2,1-2H3,(H,20,25). The summed E-state index contributed by atoms with van der Waals surface area (Å²) in [6, 6.07) is 1.55. The minimum Gasteiger partial charge on any atom is -0.346 e. The van der Waals surface area contributed by atoms with Crippen LogP contribution in [-0.2, 0) is 17.9 Å². The molecule has 0 spiro atoms. The Morgan fingerprint density at radius 3 is 2.72 bits per heavy atom. The Bertz CT molecular complexity index is 769. The minimum atomic E-state index is -2.76. The number of rotatable bonds is 7. The first-order chi connectivity index (χ1) is 11.9. The van der Waals surface area contributed by atoms with Gasteiger partial charge in [0.05, 0.1) is 22.5 Å². The zero-order chi connectivity index (χ0) is 18.1. The van der Waals surface area contributed by atoms with Crippen molar-refractivity contribution in [2.75, 3.05) is 0 Å². The normalized spacial score (nSPS) is 15.6. The Hall–Kier alpha value is -1.96. The lowest BCUT2D eigenvalue weighted by atomic mass is 10.2. The fraction of sp³-hybridized carbons (Fsp3) is 0.562. The van der Waals surface area contributed by atoms with Gasteiger partial charge in [0.15, 0.2) is 0 Å². The molecule has 0 bridgehead atoms. The Morgan fingerprint density at radius 1 is 1.44 bits per heavy atom. The number of carbonyl (C=O) groups excluding carboxylic acids is 1. The van der Waals surface area contributed by atoms with Crippen LogP contribution in [0.5, 0.6) is 0 Å². The molecule has 2 aromatic rings. The van der Waals surface area contributed by atoms with Crippen LogP contribution in [0.1, 0.15) is 62.2 Å². The number of hydrogen-bond acceptors (Lipinski definition) is 3. The van der Waals surface area contributed by atoms with E-state index in [1.165, 1.54) is 4.68 Å². The molecule has 0 aromatic carbocycles. The van der Waals surface area contributed by atoms with Gasteiger partial charge in [-0.05, 0) is 32.8 Å². The molecular formula is C16H20ClF2N5O. The number of nitrogens with zero attached hydrogens (tertiary/aromatic N) is 4. The van der Waals surface area contributed by atoms with E-state index in [1.54, 1.807) is 4.68 Å². The molecule has 1 N–H and O–H groups in total. The van der Waals surface area contributed by atoms with E-state index in [0.29, 0.717) is 5.69 Å². The molecule has 2 aromatic heterocycles. The van der Waals surface area contributed by atoms with E-state index in [-0.39, 0.29) is 29.4 Å². The van der Waals surface area contributed by atoms with Crippen molar-refractivity contribution < 1.29 is 13.6 Å². The highest BCUT2D eigenvalue weighted by Gasteiger charge is 2.34. The van der Waals surface area contributed by atoms with Crippen molar-refractivity contribution in [3.05, 3.63) is 34.4 Å². The quantitative estimate of drug-likeness (QED) is 0.810. The predicted octanol–water partition coefficient (Wildman–Crippen LogP) is 3.45.